The van der Waals surface area contributed by atoms with Crippen LogP contribution in [0.25, 0.3) is 0 Å². The maximum Gasteiger partial charge on any atom is 0.251 e. The zero-order valence-corrected chi connectivity index (χ0v) is 14.6. The van der Waals surface area contributed by atoms with E-state index >= 15 is 0 Å². The number of carbonyl (C=O) groups excluding carboxylic acids is 1. The number of nitrogens with one attached hydrogen (secondary N) is 1. The first-order chi connectivity index (χ1) is 11.6. The number of likely N-dealkylation sites (tertiary alicyclic amines) is 1. The average molecular weight is 322 g/mol. The molecule has 1 saturated heterocycles. The fourth-order valence-electron chi connectivity index (χ4n) is 3.18. The molecule has 0 radical (unpaired) electrons. The summed E-state index contributed by atoms with van der Waals surface area (Å²) < 4.78 is 0. The minimum atomic E-state index is -0.0178. The SMILES string of the molecule is Cc1ccc(C(C)NC(=O)c2ccc(CN3CCCC3)cc2)cc1. The molecule has 1 atom stereocenters. The Labute approximate surface area is 144 Å². The zero-order valence-electron chi connectivity index (χ0n) is 14.6. The second-order valence-electron chi connectivity index (χ2n) is 6.79. The van der Waals surface area contributed by atoms with Gasteiger partial charge >= 0.3 is 0 Å². The van der Waals surface area contributed by atoms with Crippen LogP contribution in [-0.4, -0.2) is 23.9 Å². The number of hydrogen-bond acceptors (Lipinski definition) is 2. The van der Waals surface area contributed by atoms with Crippen molar-refractivity contribution in [2.24, 2.45) is 0 Å². The number of rotatable bonds is 5. The van der Waals surface area contributed by atoms with Crippen LogP contribution < -0.4 is 5.32 Å². The van der Waals surface area contributed by atoms with Crippen LogP contribution in [-0.2, 0) is 6.54 Å². The summed E-state index contributed by atoms with van der Waals surface area (Å²) >= 11 is 0. The highest BCUT2D eigenvalue weighted by molar-refractivity contribution is 5.94. The Kier molecular flexibility index (Phi) is 5.31. The van der Waals surface area contributed by atoms with Crippen molar-refractivity contribution in [1.82, 2.24) is 10.2 Å². The summed E-state index contributed by atoms with van der Waals surface area (Å²) in [7, 11) is 0. The largest absolute Gasteiger partial charge is 0.346 e. The second-order valence-corrected chi connectivity index (χ2v) is 6.79. The molecule has 3 nitrogen and oxygen atoms in total. The molecule has 2 aromatic carbocycles. The maximum absolute atomic E-state index is 12.4. The molecule has 0 saturated carbocycles. The van der Waals surface area contributed by atoms with Crippen molar-refractivity contribution in [3.05, 3.63) is 70.8 Å². The molecule has 0 spiro atoms. The van der Waals surface area contributed by atoms with Crippen molar-refractivity contribution in [3.8, 4) is 0 Å². The first kappa shape index (κ1) is 16.7. The number of aryl methyl sites for hydroxylation is 1. The Bertz CT molecular complexity index is 670. The molecule has 1 unspecified atom stereocenters. The van der Waals surface area contributed by atoms with E-state index in [9.17, 15) is 4.79 Å². The lowest BCUT2D eigenvalue weighted by molar-refractivity contribution is 0.0940. The lowest BCUT2D eigenvalue weighted by atomic mass is 10.1. The van der Waals surface area contributed by atoms with Gasteiger partial charge in [0.2, 0.25) is 0 Å². The summed E-state index contributed by atoms with van der Waals surface area (Å²) in [5, 5.41) is 3.08. The molecule has 126 valence electrons. The standard InChI is InChI=1S/C21H26N2O/c1-16-5-9-19(10-6-16)17(2)22-21(24)20-11-7-18(8-12-20)15-23-13-3-4-14-23/h5-12,17H,3-4,13-15H2,1-2H3,(H,22,24). The van der Waals surface area contributed by atoms with Crippen molar-refractivity contribution in [3.63, 3.8) is 0 Å². The molecule has 1 aliphatic heterocycles. The van der Waals surface area contributed by atoms with E-state index in [0.717, 1.165) is 17.7 Å². The summed E-state index contributed by atoms with van der Waals surface area (Å²) in [6.45, 7) is 7.45. The van der Waals surface area contributed by atoms with E-state index in [4.69, 9.17) is 0 Å². The predicted molar refractivity (Wildman–Crippen MR) is 98.0 cm³/mol. The number of benzene rings is 2. The van der Waals surface area contributed by atoms with Gasteiger partial charge in [-0.1, -0.05) is 42.0 Å². The topological polar surface area (TPSA) is 32.3 Å². The van der Waals surface area contributed by atoms with Gasteiger partial charge in [-0.25, -0.2) is 0 Å². The monoisotopic (exact) mass is 322 g/mol. The van der Waals surface area contributed by atoms with Crippen LogP contribution >= 0.6 is 0 Å². The Balaban J connectivity index is 1.59. The van der Waals surface area contributed by atoms with E-state index in [1.165, 1.54) is 37.1 Å². The summed E-state index contributed by atoms with van der Waals surface area (Å²) in [5.74, 6) is -0.0178. The highest BCUT2D eigenvalue weighted by Crippen LogP contribution is 2.16. The molecule has 2 aromatic rings. The van der Waals surface area contributed by atoms with Gasteiger partial charge in [0.15, 0.2) is 0 Å². The summed E-state index contributed by atoms with van der Waals surface area (Å²) in [6.07, 6.45) is 2.61. The fraction of sp³-hybridized carbons (Fsp3) is 0.381. The highest BCUT2D eigenvalue weighted by Gasteiger charge is 2.13. The van der Waals surface area contributed by atoms with Crippen molar-refractivity contribution >= 4 is 5.91 Å². The van der Waals surface area contributed by atoms with Gasteiger partial charge in [-0.3, -0.25) is 9.69 Å². The van der Waals surface area contributed by atoms with Gasteiger partial charge in [0, 0.05) is 12.1 Å². The molecule has 0 aromatic heterocycles. The van der Waals surface area contributed by atoms with Crippen LogP contribution in [0.2, 0.25) is 0 Å². The molecule has 1 aliphatic rings. The molecule has 1 amide bonds. The summed E-state index contributed by atoms with van der Waals surface area (Å²) in [6, 6.07) is 16.3. The van der Waals surface area contributed by atoms with Crippen LogP contribution in [0.1, 0.15) is 52.9 Å². The minimum Gasteiger partial charge on any atom is -0.346 e. The smallest absolute Gasteiger partial charge is 0.251 e. The Hall–Kier alpha value is -2.13. The molecule has 1 fully saturated rings. The van der Waals surface area contributed by atoms with E-state index in [0.29, 0.717) is 0 Å². The fourth-order valence-corrected chi connectivity index (χ4v) is 3.18. The van der Waals surface area contributed by atoms with Crippen LogP contribution in [0.4, 0.5) is 0 Å². The third-order valence-electron chi connectivity index (χ3n) is 4.75. The molecule has 1 N–H and O–H groups in total. The van der Waals surface area contributed by atoms with Gasteiger partial charge in [0.25, 0.3) is 5.91 Å². The molecule has 1 heterocycles. The van der Waals surface area contributed by atoms with Crippen LogP contribution in [0.3, 0.4) is 0 Å². The van der Waals surface area contributed by atoms with E-state index < -0.39 is 0 Å². The molecular formula is C21H26N2O. The van der Waals surface area contributed by atoms with Gasteiger partial charge in [0.05, 0.1) is 6.04 Å². The highest BCUT2D eigenvalue weighted by atomic mass is 16.1. The van der Waals surface area contributed by atoms with Gasteiger partial charge in [0.1, 0.15) is 0 Å². The van der Waals surface area contributed by atoms with Crippen LogP contribution in [0.15, 0.2) is 48.5 Å². The molecule has 0 aliphatic carbocycles. The van der Waals surface area contributed by atoms with Gasteiger partial charge in [-0.2, -0.15) is 0 Å². The van der Waals surface area contributed by atoms with Crippen molar-refractivity contribution in [1.29, 1.82) is 0 Å². The quantitative estimate of drug-likeness (QED) is 0.899. The lowest BCUT2D eigenvalue weighted by Crippen LogP contribution is -2.26. The van der Waals surface area contributed by atoms with Crippen molar-refractivity contribution < 1.29 is 4.79 Å². The number of nitrogens with zero attached hydrogens (tertiary/aromatic N) is 1. The molecular weight excluding hydrogens is 296 g/mol. The van der Waals surface area contributed by atoms with Crippen LogP contribution in [0, 0.1) is 6.92 Å². The van der Waals surface area contributed by atoms with Gasteiger partial charge in [-0.15, -0.1) is 0 Å². The predicted octanol–water partition coefficient (Wildman–Crippen LogP) is 4.08. The van der Waals surface area contributed by atoms with Crippen molar-refractivity contribution in [2.75, 3.05) is 13.1 Å². The summed E-state index contributed by atoms with van der Waals surface area (Å²) in [5.41, 5.74) is 4.35. The van der Waals surface area contributed by atoms with E-state index in [2.05, 4.69) is 53.5 Å². The second kappa shape index (κ2) is 7.63. The first-order valence-electron chi connectivity index (χ1n) is 8.80. The molecule has 0 bridgehead atoms. The minimum absolute atomic E-state index is 0.00220. The van der Waals surface area contributed by atoms with Gasteiger partial charge in [-0.05, 0) is 63.0 Å². The first-order valence-corrected chi connectivity index (χ1v) is 8.80. The number of carbonyl (C=O) groups is 1. The molecule has 3 heteroatoms. The number of amides is 1. The average Bonchev–Trinajstić information content (AvgIpc) is 3.09. The molecule has 3 rings (SSSR count). The van der Waals surface area contributed by atoms with Crippen LogP contribution in [0.5, 0.6) is 0 Å². The van der Waals surface area contributed by atoms with Crippen molar-refractivity contribution in [2.45, 2.75) is 39.3 Å². The lowest BCUT2D eigenvalue weighted by Gasteiger charge is -2.16. The zero-order chi connectivity index (χ0) is 16.9. The van der Waals surface area contributed by atoms with E-state index in [1.807, 2.05) is 19.1 Å². The Morgan fingerprint density at radius 1 is 1.04 bits per heavy atom. The van der Waals surface area contributed by atoms with E-state index in [-0.39, 0.29) is 11.9 Å². The normalized spacial score (nSPS) is 16.1. The summed E-state index contributed by atoms with van der Waals surface area (Å²) in [4.78, 5) is 14.9. The third kappa shape index (κ3) is 4.24. The number of hydrogen-bond donors (Lipinski definition) is 1. The third-order valence-corrected chi connectivity index (χ3v) is 4.75. The Morgan fingerprint density at radius 3 is 2.29 bits per heavy atom. The Morgan fingerprint density at radius 2 is 1.67 bits per heavy atom. The van der Waals surface area contributed by atoms with E-state index in [1.54, 1.807) is 0 Å². The molecule has 24 heavy (non-hydrogen) atoms. The maximum atomic E-state index is 12.4. The van der Waals surface area contributed by atoms with Gasteiger partial charge < -0.3 is 5.32 Å².